The lowest BCUT2D eigenvalue weighted by molar-refractivity contribution is -0.146. The Morgan fingerprint density at radius 1 is 1.26 bits per heavy atom. The van der Waals surface area contributed by atoms with E-state index in [2.05, 4.69) is 15.1 Å². The van der Waals surface area contributed by atoms with E-state index in [4.69, 9.17) is 9.26 Å². The average Bonchev–Trinajstić information content (AvgIpc) is 3.37. The molecule has 0 amide bonds. The van der Waals surface area contributed by atoms with E-state index < -0.39 is 5.97 Å². The number of para-hydroxylation sites is 1. The van der Waals surface area contributed by atoms with Crippen LogP contribution < -0.4 is 5.56 Å². The normalized spacial score (nSPS) is 11.0. The highest BCUT2D eigenvalue weighted by Gasteiger charge is 2.12. The van der Waals surface area contributed by atoms with Crippen LogP contribution in [0.1, 0.15) is 12.3 Å². The van der Waals surface area contributed by atoms with Gasteiger partial charge in [-0.2, -0.15) is 16.3 Å². The molecule has 0 N–H and O–H groups in total. The molecule has 3 aromatic heterocycles. The second kappa shape index (κ2) is 7.50. The number of carbonyl (C=O) groups excluding carboxylic acids is 1. The van der Waals surface area contributed by atoms with Crippen molar-refractivity contribution in [3.05, 3.63) is 63.7 Å². The Morgan fingerprint density at radius 2 is 2.15 bits per heavy atom. The smallest absolute Gasteiger partial charge is 0.308 e. The number of thiophene rings is 1. The Hall–Kier alpha value is -3.33. The fourth-order valence-electron chi connectivity index (χ4n) is 2.51. The SMILES string of the molecule is O=C(CCn1cnc2ccccc2c1=O)OCc1nc(-c2ccsc2)no1. The van der Waals surface area contributed by atoms with Gasteiger partial charge in [-0.3, -0.25) is 14.2 Å². The van der Waals surface area contributed by atoms with Crippen molar-refractivity contribution in [2.24, 2.45) is 0 Å². The zero-order valence-electron chi connectivity index (χ0n) is 14.1. The molecule has 4 rings (SSSR count). The maximum Gasteiger partial charge on any atom is 0.308 e. The molecule has 0 aliphatic rings. The summed E-state index contributed by atoms with van der Waals surface area (Å²) < 4.78 is 11.6. The zero-order chi connectivity index (χ0) is 18.6. The van der Waals surface area contributed by atoms with E-state index in [1.54, 1.807) is 18.2 Å². The van der Waals surface area contributed by atoms with Crippen LogP contribution in [0.4, 0.5) is 0 Å². The summed E-state index contributed by atoms with van der Waals surface area (Å²) in [4.78, 5) is 32.7. The van der Waals surface area contributed by atoms with Crippen LogP contribution in [0.3, 0.4) is 0 Å². The molecule has 0 saturated carbocycles. The number of carbonyl (C=O) groups is 1. The van der Waals surface area contributed by atoms with Crippen molar-refractivity contribution in [2.75, 3.05) is 0 Å². The van der Waals surface area contributed by atoms with E-state index in [1.165, 1.54) is 22.2 Å². The van der Waals surface area contributed by atoms with Crippen molar-refractivity contribution in [2.45, 2.75) is 19.6 Å². The lowest BCUT2D eigenvalue weighted by atomic mass is 10.2. The molecular formula is C18H14N4O4S. The molecule has 0 aliphatic carbocycles. The van der Waals surface area contributed by atoms with Gasteiger partial charge in [-0.1, -0.05) is 17.3 Å². The van der Waals surface area contributed by atoms with E-state index in [1.807, 2.05) is 22.9 Å². The second-order valence-corrected chi connectivity index (χ2v) is 6.47. The Morgan fingerprint density at radius 3 is 3.00 bits per heavy atom. The standard InChI is InChI=1S/C18H14N4O4S/c23-16(25-9-15-20-17(21-26-15)12-6-8-27-10-12)5-7-22-11-19-14-4-2-1-3-13(14)18(22)24/h1-4,6,8,10-11H,5,7,9H2. The molecule has 136 valence electrons. The number of hydrogen-bond acceptors (Lipinski definition) is 8. The number of fused-ring (bicyclic) bond motifs is 1. The van der Waals surface area contributed by atoms with E-state index >= 15 is 0 Å². The third-order valence-corrected chi connectivity index (χ3v) is 4.58. The summed E-state index contributed by atoms with van der Waals surface area (Å²) in [6.07, 6.45) is 1.47. The maximum absolute atomic E-state index is 12.4. The number of aromatic nitrogens is 4. The first-order valence-electron chi connectivity index (χ1n) is 8.15. The maximum atomic E-state index is 12.4. The van der Waals surface area contributed by atoms with Gasteiger partial charge in [0.25, 0.3) is 11.4 Å². The number of rotatable bonds is 6. The Balaban J connectivity index is 1.34. The minimum absolute atomic E-state index is 0.0332. The summed E-state index contributed by atoms with van der Waals surface area (Å²) in [5.74, 6) is 0.204. The third-order valence-electron chi connectivity index (χ3n) is 3.89. The molecule has 0 fully saturated rings. The average molecular weight is 382 g/mol. The molecule has 8 nitrogen and oxygen atoms in total. The van der Waals surface area contributed by atoms with Gasteiger partial charge in [-0.25, -0.2) is 4.98 Å². The van der Waals surface area contributed by atoms with Crippen molar-refractivity contribution in [3.63, 3.8) is 0 Å². The summed E-state index contributed by atoms with van der Waals surface area (Å²) in [5, 5.41) is 8.17. The first-order chi connectivity index (χ1) is 13.2. The van der Waals surface area contributed by atoms with Crippen molar-refractivity contribution in [1.29, 1.82) is 0 Å². The van der Waals surface area contributed by atoms with Crippen LogP contribution in [0.2, 0.25) is 0 Å². The van der Waals surface area contributed by atoms with Crippen LogP contribution in [-0.2, 0) is 22.7 Å². The monoisotopic (exact) mass is 382 g/mol. The van der Waals surface area contributed by atoms with Gasteiger partial charge in [-0.05, 0) is 23.6 Å². The molecule has 0 radical (unpaired) electrons. The largest absolute Gasteiger partial charge is 0.456 e. The predicted octanol–water partition coefficient (Wildman–Crippen LogP) is 2.64. The molecule has 1 aromatic carbocycles. The number of ether oxygens (including phenoxy) is 1. The predicted molar refractivity (Wildman–Crippen MR) is 98.0 cm³/mol. The van der Waals surface area contributed by atoms with Crippen molar-refractivity contribution >= 4 is 28.2 Å². The molecule has 0 spiro atoms. The molecule has 27 heavy (non-hydrogen) atoms. The van der Waals surface area contributed by atoms with Crippen LogP contribution in [0, 0.1) is 0 Å². The molecule has 0 saturated heterocycles. The highest BCUT2D eigenvalue weighted by Crippen LogP contribution is 2.18. The van der Waals surface area contributed by atoms with Crippen LogP contribution in [0.25, 0.3) is 22.3 Å². The third kappa shape index (κ3) is 3.77. The molecule has 0 aliphatic heterocycles. The van der Waals surface area contributed by atoms with Gasteiger partial charge in [0, 0.05) is 17.5 Å². The van der Waals surface area contributed by atoms with Gasteiger partial charge in [0.05, 0.1) is 23.7 Å². The molecule has 3 heterocycles. The van der Waals surface area contributed by atoms with Gasteiger partial charge < -0.3 is 9.26 Å². The summed E-state index contributed by atoms with van der Waals surface area (Å²) in [7, 11) is 0. The Labute approximate surface area is 157 Å². The van der Waals surface area contributed by atoms with Gasteiger partial charge in [0.2, 0.25) is 5.82 Å². The molecular weight excluding hydrogens is 368 g/mol. The van der Waals surface area contributed by atoms with Gasteiger partial charge in [0.15, 0.2) is 6.61 Å². The zero-order valence-corrected chi connectivity index (χ0v) is 14.9. The number of hydrogen-bond donors (Lipinski definition) is 0. The number of nitrogens with zero attached hydrogens (tertiary/aromatic N) is 4. The van der Waals surface area contributed by atoms with E-state index in [0.717, 1.165) is 5.56 Å². The van der Waals surface area contributed by atoms with Crippen molar-refractivity contribution in [3.8, 4) is 11.4 Å². The van der Waals surface area contributed by atoms with Gasteiger partial charge >= 0.3 is 5.97 Å². The van der Waals surface area contributed by atoms with Gasteiger partial charge in [0.1, 0.15) is 0 Å². The first-order valence-corrected chi connectivity index (χ1v) is 9.10. The second-order valence-electron chi connectivity index (χ2n) is 5.69. The topological polar surface area (TPSA) is 100 Å². The highest BCUT2D eigenvalue weighted by molar-refractivity contribution is 7.08. The van der Waals surface area contributed by atoms with Crippen molar-refractivity contribution in [1.82, 2.24) is 19.7 Å². The van der Waals surface area contributed by atoms with Gasteiger partial charge in [-0.15, -0.1) is 0 Å². The molecule has 4 aromatic rings. The summed E-state index contributed by atoms with van der Waals surface area (Å²) >= 11 is 1.53. The fourth-order valence-corrected chi connectivity index (χ4v) is 3.15. The molecule has 9 heteroatoms. The van der Waals surface area contributed by atoms with Crippen LogP contribution in [0.5, 0.6) is 0 Å². The number of esters is 1. The quantitative estimate of drug-likeness (QED) is 0.473. The number of benzene rings is 1. The molecule has 0 unspecified atom stereocenters. The van der Waals surface area contributed by atoms with Crippen molar-refractivity contribution < 1.29 is 14.1 Å². The molecule has 0 atom stereocenters. The van der Waals surface area contributed by atoms with Crippen LogP contribution >= 0.6 is 11.3 Å². The van der Waals surface area contributed by atoms with E-state index in [9.17, 15) is 9.59 Å². The lowest BCUT2D eigenvalue weighted by Crippen LogP contribution is -2.22. The Kier molecular flexibility index (Phi) is 4.75. The highest BCUT2D eigenvalue weighted by atomic mass is 32.1. The van der Waals surface area contributed by atoms with E-state index in [-0.39, 0.29) is 31.0 Å². The minimum Gasteiger partial charge on any atom is -0.456 e. The van der Waals surface area contributed by atoms with Crippen LogP contribution in [-0.4, -0.2) is 25.7 Å². The Bertz CT molecular complexity index is 1130. The van der Waals surface area contributed by atoms with Crippen LogP contribution in [0.15, 0.2) is 56.7 Å². The minimum atomic E-state index is -0.467. The molecule has 0 bridgehead atoms. The first kappa shape index (κ1) is 17.1. The summed E-state index contributed by atoms with van der Waals surface area (Å²) in [6.45, 7) is 0.0698. The van der Waals surface area contributed by atoms with E-state index in [0.29, 0.717) is 16.7 Å². The summed E-state index contributed by atoms with van der Waals surface area (Å²) in [6, 6.07) is 8.95. The fraction of sp³-hybridized carbons (Fsp3) is 0.167. The lowest BCUT2D eigenvalue weighted by Gasteiger charge is -2.06. The summed E-state index contributed by atoms with van der Waals surface area (Å²) in [5.41, 5.74) is 1.29. The number of aryl methyl sites for hydroxylation is 1.